The van der Waals surface area contributed by atoms with E-state index in [-0.39, 0.29) is 11.3 Å². The number of aromatic amines is 1. The molecule has 0 bridgehead atoms. The molecular weight excluding hydrogens is 454 g/mol. The first-order valence-corrected chi connectivity index (χ1v) is 11.2. The number of aromatic nitrogens is 1. The van der Waals surface area contributed by atoms with E-state index in [0.717, 1.165) is 31.7 Å². The van der Waals surface area contributed by atoms with Crippen molar-refractivity contribution < 1.29 is 13.2 Å². The van der Waals surface area contributed by atoms with E-state index in [1.54, 1.807) is 18.3 Å². The highest BCUT2D eigenvalue weighted by Gasteiger charge is 2.25. The number of primary amides is 1. The maximum Gasteiger partial charge on any atom is 0.241 e. The summed E-state index contributed by atoms with van der Waals surface area (Å²) in [6, 6.07) is 16.9. The molecule has 8 heteroatoms. The average Bonchev–Trinajstić information content (AvgIpc) is 3.08. The fourth-order valence-corrected chi connectivity index (χ4v) is 4.93. The molecule has 1 amide bonds. The standard InChI is InChI=1S/C21H18BrN3O3S/c22-16-6-8-19-18(11-16)15(12-24-19)10-20(21(23)26)25-29(27,28)17-7-5-13-3-1-2-4-14(13)9-17/h1-9,11-12,20,24-25H,10H2,(H2,23,26). The lowest BCUT2D eigenvalue weighted by Crippen LogP contribution is -2.45. The number of nitrogens with one attached hydrogen (secondary N) is 2. The summed E-state index contributed by atoms with van der Waals surface area (Å²) in [6.07, 6.45) is 1.90. The first-order chi connectivity index (χ1) is 13.8. The molecule has 148 valence electrons. The van der Waals surface area contributed by atoms with Gasteiger partial charge in [0.2, 0.25) is 15.9 Å². The molecule has 0 aliphatic rings. The van der Waals surface area contributed by atoms with Crippen molar-refractivity contribution in [1.29, 1.82) is 0 Å². The van der Waals surface area contributed by atoms with Crippen molar-refractivity contribution in [2.24, 2.45) is 5.73 Å². The van der Waals surface area contributed by atoms with Crippen molar-refractivity contribution in [2.75, 3.05) is 0 Å². The van der Waals surface area contributed by atoms with Crippen LogP contribution in [-0.2, 0) is 21.2 Å². The van der Waals surface area contributed by atoms with Gasteiger partial charge >= 0.3 is 0 Å². The average molecular weight is 472 g/mol. The Balaban J connectivity index is 1.64. The fourth-order valence-electron chi connectivity index (χ4n) is 3.33. The minimum absolute atomic E-state index is 0.0871. The third-order valence-electron chi connectivity index (χ3n) is 4.83. The fraction of sp³-hybridized carbons (Fsp3) is 0.0952. The number of rotatable bonds is 6. The van der Waals surface area contributed by atoms with Crippen LogP contribution in [-0.4, -0.2) is 25.4 Å². The molecule has 0 spiro atoms. The van der Waals surface area contributed by atoms with Crippen molar-refractivity contribution in [1.82, 2.24) is 9.71 Å². The smallest absolute Gasteiger partial charge is 0.241 e. The zero-order chi connectivity index (χ0) is 20.6. The predicted molar refractivity (Wildman–Crippen MR) is 117 cm³/mol. The van der Waals surface area contributed by atoms with Crippen LogP contribution in [0.5, 0.6) is 0 Å². The lowest BCUT2D eigenvalue weighted by atomic mass is 10.1. The number of nitrogens with two attached hydrogens (primary N) is 1. The molecule has 1 atom stereocenters. The molecule has 4 N–H and O–H groups in total. The van der Waals surface area contributed by atoms with Crippen LogP contribution < -0.4 is 10.5 Å². The highest BCUT2D eigenvalue weighted by Crippen LogP contribution is 2.24. The summed E-state index contributed by atoms with van der Waals surface area (Å²) in [5.74, 6) is -0.737. The van der Waals surface area contributed by atoms with E-state index in [9.17, 15) is 13.2 Å². The van der Waals surface area contributed by atoms with E-state index >= 15 is 0 Å². The van der Waals surface area contributed by atoms with Gasteiger partial charge in [0, 0.05) is 21.6 Å². The molecule has 4 aromatic rings. The quantitative estimate of drug-likeness (QED) is 0.400. The van der Waals surface area contributed by atoms with Gasteiger partial charge < -0.3 is 10.7 Å². The summed E-state index contributed by atoms with van der Waals surface area (Å²) in [4.78, 5) is 15.2. The third kappa shape index (κ3) is 4.05. The molecule has 6 nitrogen and oxygen atoms in total. The largest absolute Gasteiger partial charge is 0.368 e. The maximum absolute atomic E-state index is 12.9. The van der Waals surface area contributed by atoms with Crippen LogP contribution in [0.15, 0.2) is 76.2 Å². The Labute approximate surface area is 176 Å². The second kappa shape index (κ2) is 7.62. The molecule has 1 aromatic heterocycles. The Morgan fingerprint density at radius 3 is 2.59 bits per heavy atom. The van der Waals surface area contributed by atoms with Gasteiger partial charge in [-0.25, -0.2) is 8.42 Å². The van der Waals surface area contributed by atoms with Gasteiger partial charge in [-0.05, 0) is 53.1 Å². The molecule has 0 saturated heterocycles. The number of sulfonamides is 1. The second-order valence-electron chi connectivity index (χ2n) is 6.79. The number of fused-ring (bicyclic) bond motifs is 2. The molecule has 1 unspecified atom stereocenters. The molecule has 0 saturated carbocycles. The number of hydrogen-bond acceptors (Lipinski definition) is 3. The van der Waals surface area contributed by atoms with Crippen LogP contribution >= 0.6 is 15.9 Å². The lowest BCUT2D eigenvalue weighted by Gasteiger charge is -2.16. The number of hydrogen-bond donors (Lipinski definition) is 3. The zero-order valence-corrected chi connectivity index (χ0v) is 17.6. The van der Waals surface area contributed by atoms with Gasteiger partial charge in [-0.3, -0.25) is 4.79 Å². The Morgan fingerprint density at radius 1 is 1.07 bits per heavy atom. The second-order valence-corrected chi connectivity index (χ2v) is 9.42. The van der Waals surface area contributed by atoms with Gasteiger partial charge in [0.15, 0.2) is 0 Å². The number of benzene rings is 3. The van der Waals surface area contributed by atoms with E-state index in [2.05, 4.69) is 25.6 Å². The van der Waals surface area contributed by atoms with Gasteiger partial charge in [0.1, 0.15) is 6.04 Å². The molecule has 0 fully saturated rings. The molecule has 0 aliphatic heterocycles. The van der Waals surface area contributed by atoms with E-state index in [1.165, 1.54) is 6.07 Å². The molecule has 0 aliphatic carbocycles. The summed E-state index contributed by atoms with van der Waals surface area (Å²) in [7, 11) is -3.93. The normalized spacial score (nSPS) is 13.0. The van der Waals surface area contributed by atoms with Crippen LogP contribution in [0.2, 0.25) is 0 Å². The number of amides is 1. The summed E-state index contributed by atoms with van der Waals surface area (Å²) < 4.78 is 29.2. The van der Waals surface area contributed by atoms with Crippen molar-refractivity contribution in [3.05, 3.63) is 76.9 Å². The van der Waals surface area contributed by atoms with E-state index < -0.39 is 22.0 Å². The zero-order valence-electron chi connectivity index (χ0n) is 15.2. The van der Waals surface area contributed by atoms with Crippen molar-refractivity contribution >= 4 is 53.5 Å². The highest BCUT2D eigenvalue weighted by molar-refractivity contribution is 9.10. The Bertz CT molecular complexity index is 1330. The molecule has 0 radical (unpaired) electrons. The number of carbonyl (C=O) groups excluding carboxylic acids is 1. The van der Waals surface area contributed by atoms with Gasteiger partial charge in [-0.15, -0.1) is 0 Å². The van der Waals surface area contributed by atoms with Crippen molar-refractivity contribution in [3.63, 3.8) is 0 Å². The molecular formula is C21H18BrN3O3S. The maximum atomic E-state index is 12.9. The van der Waals surface area contributed by atoms with Crippen LogP contribution in [0.4, 0.5) is 0 Å². The molecule has 29 heavy (non-hydrogen) atoms. The van der Waals surface area contributed by atoms with Crippen molar-refractivity contribution in [3.8, 4) is 0 Å². The van der Waals surface area contributed by atoms with E-state index in [4.69, 9.17) is 5.73 Å². The summed E-state index contributed by atoms with van der Waals surface area (Å²) in [5.41, 5.74) is 7.21. The third-order valence-corrected chi connectivity index (χ3v) is 6.79. The molecule has 4 rings (SSSR count). The molecule has 1 heterocycles. The number of carbonyl (C=O) groups is 1. The Kier molecular flexibility index (Phi) is 5.16. The van der Waals surface area contributed by atoms with Crippen LogP contribution in [0.3, 0.4) is 0 Å². The SMILES string of the molecule is NC(=O)C(Cc1c[nH]c2ccc(Br)cc12)NS(=O)(=O)c1ccc2ccccc2c1. The van der Waals surface area contributed by atoms with Crippen molar-refractivity contribution in [2.45, 2.75) is 17.4 Å². The summed E-state index contributed by atoms with van der Waals surface area (Å²) in [5, 5.41) is 2.63. The van der Waals surface area contributed by atoms with Gasteiger partial charge in [0.05, 0.1) is 4.90 Å². The van der Waals surface area contributed by atoms with Gasteiger partial charge in [-0.2, -0.15) is 4.72 Å². The van der Waals surface area contributed by atoms with Crippen LogP contribution in [0.1, 0.15) is 5.56 Å². The van der Waals surface area contributed by atoms with E-state index in [1.807, 2.05) is 42.5 Å². The highest BCUT2D eigenvalue weighted by atomic mass is 79.9. The summed E-state index contributed by atoms with van der Waals surface area (Å²) in [6.45, 7) is 0. The first-order valence-electron chi connectivity index (χ1n) is 8.89. The minimum atomic E-state index is -3.93. The van der Waals surface area contributed by atoms with Gasteiger partial charge in [0.25, 0.3) is 0 Å². The molecule has 3 aromatic carbocycles. The summed E-state index contributed by atoms with van der Waals surface area (Å²) >= 11 is 3.43. The topological polar surface area (TPSA) is 105 Å². The first kappa shape index (κ1) is 19.6. The Hall–Kier alpha value is -2.68. The van der Waals surface area contributed by atoms with Gasteiger partial charge in [-0.1, -0.05) is 46.3 Å². The predicted octanol–water partition coefficient (Wildman–Crippen LogP) is 3.46. The van der Waals surface area contributed by atoms with Crippen LogP contribution in [0, 0.1) is 0 Å². The minimum Gasteiger partial charge on any atom is -0.368 e. The van der Waals surface area contributed by atoms with E-state index in [0.29, 0.717) is 0 Å². The van der Waals surface area contributed by atoms with Crippen LogP contribution in [0.25, 0.3) is 21.7 Å². The number of H-pyrrole nitrogens is 1. The lowest BCUT2D eigenvalue weighted by molar-refractivity contribution is -0.119. The number of halogens is 1. The monoisotopic (exact) mass is 471 g/mol. The Morgan fingerprint density at radius 2 is 1.83 bits per heavy atom.